The van der Waals surface area contributed by atoms with E-state index in [-0.39, 0.29) is 25.6 Å². The maximum atomic E-state index is 11.9. The molecule has 0 amide bonds. The van der Waals surface area contributed by atoms with Gasteiger partial charge in [-0.25, -0.2) is 4.57 Å². The standard InChI is InChI=1S/C10H15O6P/c1-3-13-17(12,14-4-2)15-8-10-6-5-9(7-11)16-10/h5-7H,3-4,8H2,1-2H3. The average molecular weight is 262 g/mol. The summed E-state index contributed by atoms with van der Waals surface area (Å²) in [4.78, 5) is 10.4. The lowest BCUT2D eigenvalue weighted by Gasteiger charge is -2.15. The van der Waals surface area contributed by atoms with E-state index in [2.05, 4.69) is 0 Å². The molecule has 0 aliphatic carbocycles. The monoisotopic (exact) mass is 262 g/mol. The summed E-state index contributed by atoms with van der Waals surface area (Å²) in [6.07, 6.45) is 0.578. The van der Waals surface area contributed by atoms with Crippen molar-refractivity contribution >= 4 is 14.1 Å². The Morgan fingerprint density at radius 2 is 1.88 bits per heavy atom. The van der Waals surface area contributed by atoms with Crippen molar-refractivity contribution in [3.05, 3.63) is 23.7 Å². The fourth-order valence-electron chi connectivity index (χ4n) is 1.11. The summed E-state index contributed by atoms with van der Waals surface area (Å²) >= 11 is 0. The van der Waals surface area contributed by atoms with Crippen molar-refractivity contribution in [1.82, 2.24) is 0 Å². The van der Waals surface area contributed by atoms with Crippen LogP contribution in [0.25, 0.3) is 0 Å². The highest BCUT2D eigenvalue weighted by molar-refractivity contribution is 7.48. The van der Waals surface area contributed by atoms with Crippen molar-refractivity contribution in [2.24, 2.45) is 0 Å². The van der Waals surface area contributed by atoms with Gasteiger partial charge in [-0.15, -0.1) is 0 Å². The molecule has 1 rings (SSSR count). The molecule has 17 heavy (non-hydrogen) atoms. The van der Waals surface area contributed by atoms with Crippen LogP contribution in [0.2, 0.25) is 0 Å². The predicted molar refractivity (Wildman–Crippen MR) is 59.7 cm³/mol. The number of furan rings is 1. The molecule has 7 heteroatoms. The molecule has 96 valence electrons. The molecule has 1 aromatic heterocycles. The highest BCUT2D eigenvalue weighted by Crippen LogP contribution is 2.49. The Kier molecular flexibility index (Phi) is 5.58. The van der Waals surface area contributed by atoms with E-state index in [0.717, 1.165) is 0 Å². The molecule has 0 aromatic carbocycles. The Hall–Kier alpha value is -0.940. The summed E-state index contributed by atoms with van der Waals surface area (Å²) in [6, 6.07) is 3.06. The van der Waals surface area contributed by atoms with Gasteiger partial charge in [-0.05, 0) is 26.0 Å². The minimum Gasteiger partial charge on any atom is -0.456 e. The minimum absolute atomic E-state index is 0.0783. The first kappa shape index (κ1) is 14.1. The van der Waals surface area contributed by atoms with Crippen molar-refractivity contribution in [2.45, 2.75) is 20.5 Å². The van der Waals surface area contributed by atoms with Crippen LogP contribution >= 0.6 is 7.82 Å². The molecule has 1 aromatic rings. The Labute approximate surface area is 99.5 Å². The molecule has 0 bridgehead atoms. The predicted octanol–water partition coefficient (Wildman–Crippen LogP) is 2.79. The maximum Gasteiger partial charge on any atom is 0.475 e. The number of phosphoric ester groups is 1. The second kappa shape index (κ2) is 6.71. The summed E-state index contributed by atoms with van der Waals surface area (Å²) in [7, 11) is -3.53. The molecule has 0 unspecified atom stereocenters. The van der Waals surface area contributed by atoms with Crippen LogP contribution in [0.4, 0.5) is 0 Å². The van der Waals surface area contributed by atoms with Crippen LogP contribution in [0, 0.1) is 0 Å². The second-order valence-corrected chi connectivity index (χ2v) is 4.65. The summed E-state index contributed by atoms with van der Waals surface area (Å²) < 4.78 is 31.8. The van der Waals surface area contributed by atoms with Crippen LogP contribution in [-0.2, 0) is 24.7 Å². The number of aldehydes is 1. The van der Waals surface area contributed by atoms with Gasteiger partial charge in [0.25, 0.3) is 0 Å². The summed E-state index contributed by atoms with van der Waals surface area (Å²) in [5, 5.41) is 0. The third-order valence-electron chi connectivity index (χ3n) is 1.74. The van der Waals surface area contributed by atoms with Crippen molar-refractivity contribution in [3.8, 4) is 0 Å². The molecule has 0 N–H and O–H groups in total. The fourth-order valence-corrected chi connectivity index (χ4v) is 2.25. The van der Waals surface area contributed by atoms with Crippen LogP contribution in [0.15, 0.2) is 16.5 Å². The first-order valence-corrected chi connectivity index (χ1v) is 6.67. The Balaban J connectivity index is 2.57. The van der Waals surface area contributed by atoms with Gasteiger partial charge in [0.15, 0.2) is 12.0 Å². The number of rotatable bonds is 8. The number of carbonyl (C=O) groups excluding carboxylic acids is 1. The van der Waals surface area contributed by atoms with Crippen LogP contribution in [-0.4, -0.2) is 19.5 Å². The van der Waals surface area contributed by atoms with Crippen LogP contribution in [0.1, 0.15) is 30.2 Å². The molecule has 0 saturated heterocycles. The largest absolute Gasteiger partial charge is 0.475 e. The van der Waals surface area contributed by atoms with Gasteiger partial charge >= 0.3 is 7.82 Å². The molecule has 1 heterocycles. The van der Waals surface area contributed by atoms with Gasteiger partial charge in [0.05, 0.1) is 13.2 Å². The van der Waals surface area contributed by atoms with E-state index in [1.807, 2.05) is 0 Å². The highest BCUT2D eigenvalue weighted by atomic mass is 31.2. The van der Waals surface area contributed by atoms with Gasteiger partial charge in [0.1, 0.15) is 12.4 Å². The molecule has 6 nitrogen and oxygen atoms in total. The number of hydrogen-bond donors (Lipinski definition) is 0. The molecule has 0 fully saturated rings. The molecule has 0 aliphatic rings. The summed E-state index contributed by atoms with van der Waals surface area (Å²) in [5.74, 6) is 0.568. The number of hydrogen-bond acceptors (Lipinski definition) is 6. The quantitative estimate of drug-likeness (QED) is 0.529. The van der Waals surface area contributed by atoms with Crippen molar-refractivity contribution in [2.75, 3.05) is 13.2 Å². The second-order valence-electron chi connectivity index (χ2n) is 2.98. The van der Waals surface area contributed by atoms with Gasteiger partial charge < -0.3 is 4.42 Å². The summed E-state index contributed by atoms with van der Waals surface area (Å²) in [5.41, 5.74) is 0. The van der Waals surface area contributed by atoms with Gasteiger partial charge in [-0.1, -0.05) is 0 Å². The van der Waals surface area contributed by atoms with E-state index >= 15 is 0 Å². The average Bonchev–Trinajstić information content (AvgIpc) is 2.75. The maximum absolute atomic E-state index is 11.9. The normalized spacial score (nSPS) is 11.6. The van der Waals surface area contributed by atoms with Crippen LogP contribution < -0.4 is 0 Å². The van der Waals surface area contributed by atoms with Crippen LogP contribution in [0.3, 0.4) is 0 Å². The number of phosphoric acid groups is 1. The van der Waals surface area contributed by atoms with E-state index in [1.54, 1.807) is 19.9 Å². The van der Waals surface area contributed by atoms with Crippen molar-refractivity contribution in [1.29, 1.82) is 0 Å². The van der Waals surface area contributed by atoms with Gasteiger partial charge in [0, 0.05) is 0 Å². The molecule has 0 radical (unpaired) electrons. The highest BCUT2D eigenvalue weighted by Gasteiger charge is 2.25. The molecule has 0 spiro atoms. The lowest BCUT2D eigenvalue weighted by molar-refractivity contribution is 0.106. The fraction of sp³-hybridized carbons (Fsp3) is 0.500. The van der Waals surface area contributed by atoms with Gasteiger partial charge in [-0.3, -0.25) is 18.4 Å². The van der Waals surface area contributed by atoms with Crippen molar-refractivity contribution in [3.63, 3.8) is 0 Å². The molecule has 0 aliphatic heterocycles. The van der Waals surface area contributed by atoms with Crippen molar-refractivity contribution < 1.29 is 27.3 Å². The SMILES string of the molecule is CCOP(=O)(OCC)OCc1ccc(C=O)o1. The van der Waals surface area contributed by atoms with Crippen LogP contribution in [0.5, 0.6) is 0 Å². The molecule has 0 saturated carbocycles. The first-order chi connectivity index (χ1) is 8.13. The third kappa shape index (κ3) is 4.44. The Morgan fingerprint density at radius 3 is 2.35 bits per heavy atom. The van der Waals surface area contributed by atoms with Gasteiger partial charge in [-0.2, -0.15) is 0 Å². The van der Waals surface area contributed by atoms with Gasteiger partial charge in [0.2, 0.25) is 0 Å². The van der Waals surface area contributed by atoms with E-state index in [0.29, 0.717) is 12.0 Å². The van der Waals surface area contributed by atoms with E-state index in [4.69, 9.17) is 18.0 Å². The molecular formula is C10H15O6P. The zero-order chi connectivity index (χ0) is 12.7. The minimum atomic E-state index is -3.53. The third-order valence-corrected chi connectivity index (χ3v) is 3.33. The lowest BCUT2D eigenvalue weighted by atomic mass is 10.4. The summed E-state index contributed by atoms with van der Waals surface area (Å²) in [6.45, 7) is 3.73. The zero-order valence-corrected chi connectivity index (χ0v) is 10.6. The van der Waals surface area contributed by atoms with E-state index in [9.17, 15) is 9.36 Å². The molecular weight excluding hydrogens is 247 g/mol. The Bertz CT molecular complexity index is 389. The number of carbonyl (C=O) groups is 1. The lowest BCUT2D eigenvalue weighted by Crippen LogP contribution is -2.00. The first-order valence-electron chi connectivity index (χ1n) is 5.21. The zero-order valence-electron chi connectivity index (χ0n) is 9.75. The van der Waals surface area contributed by atoms with E-state index in [1.165, 1.54) is 6.07 Å². The Morgan fingerprint density at radius 1 is 1.24 bits per heavy atom. The smallest absolute Gasteiger partial charge is 0.456 e. The molecule has 0 atom stereocenters. The topological polar surface area (TPSA) is 75.0 Å². The van der Waals surface area contributed by atoms with E-state index < -0.39 is 7.82 Å².